The summed E-state index contributed by atoms with van der Waals surface area (Å²) < 4.78 is 31.2. The molecule has 0 saturated carbocycles. The van der Waals surface area contributed by atoms with Crippen molar-refractivity contribution < 1.29 is 17.4 Å². The zero-order valence-electron chi connectivity index (χ0n) is 18.8. The Kier molecular flexibility index (Phi) is 7.16. The van der Waals surface area contributed by atoms with Crippen LogP contribution in [0.4, 0.5) is 5.69 Å². The fourth-order valence-electron chi connectivity index (χ4n) is 4.05. The van der Waals surface area contributed by atoms with Crippen molar-refractivity contribution in [3.8, 4) is 11.1 Å². The van der Waals surface area contributed by atoms with Gasteiger partial charge in [-0.2, -0.15) is 8.42 Å². The quantitative estimate of drug-likeness (QED) is 0.429. The topological polar surface area (TPSA) is 107 Å². The molecule has 1 aromatic heterocycles. The smallest absolute Gasteiger partial charge is 0.406 e. The Labute approximate surface area is 198 Å². The van der Waals surface area contributed by atoms with E-state index < -0.39 is 15.9 Å². The summed E-state index contributed by atoms with van der Waals surface area (Å²) in [6, 6.07) is 25.2. The summed E-state index contributed by atoms with van der Waals surface area (Å²) in [7, 11) is -3.67. The number of hydrogen-bond donors (Lipinski definition) is 2. The van der Waals surface area contributed by atoms with E-state index in [0.29, 0.717) is 11.8 Å². The van der Waals surface area contributed by atoms with Crippen LogP contribution in [-0.4, -0.2) is 55.3 Å². The predicted octanol–water partition coefficient (Wildman–Crippen LogP) is 3.61. The summed E-state index contributed by atoms with van der Waals surface area (Å²) in [4.78, 5) is 19.1. The van der Waals surface area contributed by atoms with Crippen LogP contribution < -0.4 is 10.7 Å². The number of oxazole rings is 1. The third-order valence-corrected chi connectivity index (χ3v) is 5.61. The normalized spacial score (nSPS) is 14.6. The lowest BCUT2D eigenvalue weighted by atomic mass is 10.0. The number of nitrogens with zero attached hydrogens (tertiary/aromatic N) is 2. The second-order valence-corrected chi connectivity index (χ2v) is 9.69. The standard InChI is InChI=1S/C24H23N3O2.CH4O3S/c28-24-25-21-7-4-8-22(23(21)29-24)27-15-13-26(14-16-27)17-18-9-11-20(12-10-18)19-5-2-1-3-6-19;1-5(2,3)4/h1-12H,13-17H2,(H,25,28);1H3,(H,2,3,4). The Bertz CT molecular complexity index is 1380. The van der Waals surface area contributed by atoms with Crippen LogP contribution in [0.5, 0.6) is 0 Å². The lowest BCUT2D eigenvalue weighted by Gasteiger charge is -2.36. The van der Waals surface area contributed by atoms with E-state index in [1.54, 1.807) is 0 Å². The number of H-pyrrole nitrogens is 1. The Morgan fingerprint density at radius 2 is 1.50 bits per heavy atom. The summed E-state index contributed by atoms with van der Waals surface area (Å²) in [6.07, 6.45) is 0.715. The SMILES string of the molecule is CS(=O)(=O)O.O=c1[nH]c2cccc(N3CCN(Cc4ccc(-c5ccccc5)cc4)CC3)c2o1. The molecule has 1 fully saturated rings. The summed E-state index contributed by atoms with van der Waals surface area (Å²) in [5.74, 6) is -0.398. The van der Waals surface area contributed by atoms with Gasteiger partial charge in [0.25, 0.3) is 10.1 Å². The molecule has 5 rings (SSSR count). The maximum absolute atomic E-state index is 11.5. The van der Waals surface area contributed by atoms with E-state index in [-0.39, 0.29) is 0 Å². The highest BCUT2D eigenvalue weighted by atomic mass is 32.2. The maximum Gasteiger partial charge on any atom is 0.417 e. The molecule has 8 nitrogen and oxygen atoms in total. The molecule has 1 saturated heterocycles. The van der Waals surface area contributed by atoms with Crippen LogP contribution in [0.15, 0.2) is 82.0 Å². The molecule has 0 amide bonds. The minimum absolute atomic E-state index is 0.398. The van der Waals surface area contributed by atoms with Gasteiger partial charge in [-0.1, -0.05) is 60.7 Å². The second kappa shape index (κ2) is 10.3. The van der Waals surface area contributed by atoms with Crippen molar-refractivity contribution in [3.05, 3.63) is 88.9 Å². The van der Waals surface area contributed by atoms with Crippen molar-refractivity contribution in [2.75, 3.05) is 37.3 Å². The minimum Gasteiger partial charge on any atom is -0.406 e. The summed E-state index contributed by atoms with van der Waals surface area (Å²) in [5.41, 5.74) is 6.24. The van der Waals surface area contributed by atoms with Crippen LogP contribution >= 0.6 is 0 Å². The number of para-hydroxylation sites is 1. The van der Waals surface area contributed by atoms with Gasteiger partial charge in [0.05, 0.1) is 17.5 Å². The van der Waals surface area contributed by atoms with Crippen LogP contribution in [0.25, 0.3) is 22.2 Å². The molecule has 0 radical (unpaired) electrons. The van der Waals surface area contributed by atoms with Gasteiger partial charge >= 0.3 is 5.76 Å². The van der Waals surface area contributed by atoms with Gasteiger partial charge in [-0.15, -0.1) is 0 Å². The van der Waals surface area contributed by atoms with Crippen molar-refractivity contribution in [3.63, 3.8) is 0 Å². The van der Waals surface area contributed by atoms with Crippen LogP contribution in [0, 0.1) is 0 Å². The van der Waals surface area contributed by atoms with Gasteiger partial charge < -0.3 is 9.32 Å². The maximum atomic E-state index is 11.5. The van der Waals surface area contributed by atoms with Crippen molar-refractivity contribution in [2.24, 2.45) is 0 Å². The summed E-state index contributed by atoms with van der Waals surface area (Å²) in [5, 5.41) is 0. The number of rotatable bonds is 4. The third kappa shape index (κ3) is 6.34. The van der Waals surface area contributed by atoms with Crippen LogP contribution in [-0.2, 0) is 16.7 Å². The van der Waals surface area contributed by atoms with E-state index >= 15 is 0 Å². The number of benzene rings is 3. The van der Waals surface area contributed by atoms with E-state index in [1.165, 1.54) is 16.7 Å². The summed E-state index contributed by atoms with van der Waals surface area (Å²) in [6.45, 7) is 4.73. The highest BCUT2D eigenvalue weighted by molar-refractivity contribution is 7.85. The van der Waals surface area contributed by atoms with Crippen LogP contribution in [0.3, 0.4) is 0 Å². The molecule has 4 aromatic rings. The number of aromatic amines is 1. The molecule has 2 heterocycles. The first-order valence-electron chi connectivity index (χ1n) is 10.9. The average molecular weight is 482 g/mol. The molecule has 0 unspecified atom stereocenters. The zero-order chi connectivity index (χ0) is 24.1. The largest absolute Gasteiger partial charge is 0.417 e. The van der Waals surface area contributed by atoms with E-state index in [4.69, 9.17) is 8.97 Å². The molecule has 0 bridgehead atoms. The molecule has 2 N–H and O–H groups in total. The van der Waals surface area contributed by atoms with E-state index in [0.717, 1.165) is 43.9 Å². The lowest BCUT2D eigenvalue weighted by Crippen LogP contribution is -2.46. The minimum atomic E-state index is -3.67. The van der Waals surface area contributed by atoms with E-state index in [1.807, 2.05) is 24.3 Å². The van der Waals surface area contributed by atoms with Gasteiger partial charge in [0.2, 0.25) is 0 Å². The van der Waals surface area contributed by atoms with Crippen molar-refractivity contribution in [1.82, 2.24) is 9.88 Å². The second-order valence-electron chi connectivity index (χ2n) is 8.23. The fourth-order valence-corrected chi connectivity index (χ4v) is 4.05. The predicted molar refractivity (Wildman–Crippen MR) is 134 cm³/mol. The third-order valence-electron chi connectivity index (χ3n) is 5.61. The lowest BCUT2D eigenvalue weighted by molar-refractivity contribution is 0.250. The number of fused-ring (bicyclic) bond motifs is 1. The molecule has 9 heteroatoms. The van der Waals surface area contributed by atoms with Crippen molar-refractivity contribution in [1.29, 1.82) is 0 Å². The molecule has 1 aliphatic heterocycles. The molecule has 0 spiro atoms. The molecule has 1 aliphatic rings. The highest BCUT2D eigenvalue weighted by Crippen LogP contribution is 2.26. The molecular formula is C25H27N3O5S. The van der Waals surface area contributed by atoms with E-state index in [2.05, 4.69) is 63.3 Å². The Morgan fingerprint density at radius 1 is 0.882 bits per heavy atom. The van der Waals surface area contributed by atoms with Gasteiger partial charge in [-0.3, -0.25) is 14.4 Å². The average Bonchev–Trinajstić information content (AvgIpc) is 3.20. The Balaban J connectivity index is 0.000000499. The van der Waals surface area contributed by atoms with E-state index in [9.17, 15) is 13.2 Å². The van der Waals surface area contributed by atoms with Crippen LogP contribution in [0.2, 0.25) is 0 Å². The molecule has 178 valence electrons. The fraction of sp³-hybridized carbons (Fsp3) is 0.240. The van der Waals surface area contributed by atoms with Gasteiger partial charge in [-0.25, -0.2) is 4.79 Å². The highest BCUT2D eigenvalue weighted by Gasteiger charge is 2.20. The van der Waals surface area contributed by atoms with Crippen molar-refractivity contribution >= 4 is 26.9 Å². The number of anilines is 1. The number of nitrogens with one attached hydrogen (secondary N) is 1. The monoisotopic (exact) mass is 481 g/mol. The first-order chi connectivity index (χ1) is 16.3. The van der Waals surface area contributed by atoms with Gasteiger partial charge in [0.1, 0.15) is 0 Å². The Morgan fingerprint density at radius 3 is 2.15 bits per heavy atom. The molecule has 0 aliphatic carbocycles. The first-order valence-corrected chi connectivity index (χ1v) is 12.8. The van der Waals surface area contributed by atoms with Crippen LogP contribution in [0.1, 0.15) is 5.56 Å². The zero-order valence-corrected chi connectivity index (χ0v) is 19.7. The van der Waals surface area contributed by atoms with Gasteiger partial charge in [0, 0.05) is 32.7 Å². The van der Waals surface area contributed by atoms with Gasteiger partial charge in [0.15, 0.2) is 5.58 Å². The summed E-state index contributed by atoms with van der Waals surface area (Å²) >= 11 is 0. The number of piperazine rings is 1. The van der Waals surface area contributed by atoms with Gasteiger partial charge in [-0.05, 0) is 28.8 Å². The number of aromatic nitrogens is 1. The molecular weight excluding hydrogens is 454 g/mol. The molecule has 3 aromatic carbocycles. The number of hydrogen-bond acceptors (Lipinski definition) is 6. The first kappa shape index (κ1) is 23.7. The molecule has 0 atom stereocenters. The molecule has 34 heavy (non-hydrogen) atoms. The Hall–Kier alpha value is -3.40. The van der Waals surface area contributed by atoms with Crippen molar-refractivity contribution in [2.45, 2.75) is 6.54 Å².